The summed E-state index contributed by atoms with van der Waals surface area (Å²) < 4.78 is 0. The number of rotatable bonds is 3. The molecule has 6 heteroatoms. The summed E-state index contributed by atoms with van der Waals surface area (Å²) in [5.41, 5.74) is 2.31. The number of hydrogen-bond donors (Lipinski definition) is 0. The van der Waals surface area contributed by atoms with Crippen LogP contribution in [0.2, 0.25) is 0 Å². The van der Waals surface area contributed by atoms with E-state index in [4.69, 9.17) is 0 Å². The van der Waals surface area contributed by atoms with Gasteiger partial charge in [-0.2, -0.15) is 0 Å². The van der Waals surface area contributed by atoms with E-state index in [1.165, 1.54) is 11.6 Å². The van der Waals surface area contributed by atoms with E-state index >= 15 is 0 Å². The largest absolute Gasteiger partial charge is 0.348 e. The summed E-state index contributed by atoms with van der Waals surface area (Å²) in [7, 11) is 0. The van der Waals surface area contributed by atoms with Gasteiger partial charge in [-0.05, 0) is 25.1 Å². The van der Waals surface area contributed by atoms with Gasteiger partial charge >= 0.3 is 5.69 Å². The quantitative estimate of drug-likeness (QED) is 0.489. The monoisotopic (exact) mass is 336 g/mol. The number of piperazine rings is 1. The van der Waals surface area contributed by atoms with Crippen LogP contribution in [0.5, 0.6) is 0 Å². The fourth-order valence-electron chi connectivity index (χ4n) is 2.78. The van der Waals surface area contributed by atoms with Crippen molar-refractivity contribution in [1.29, 1.82) is 0 Å². The lowest BCUT2D eigenvalue weighted by Crippen LogP contribution is -2.46. The first kappa shape index (κ1) is 16.9. The Bertz CT molecular complexity index is 800. The number of pyridine rings is 1. The average Bonchev–Trinajstić information content (AvgIpc) is 2.64. The van der Waals surface area contributed by atoms with Crippen LogP contribution in [0.25, 0.3) is 0 Å². The second-order valence-corrected chi connectivity index (χ2v) is 6.03. The Balaban J connectivity index is 1.56. The molecule has 0 unspecified atom stereocenters. The molecule has 0 radical (unpaired) electrons. The number of nitrogens with zero attached hydrogens (tertiary/aromatic N) is 4. The fourth-order valence-corrected chi connectivity index (χ4v) is 2.78. The number of nitro groups is 1. The normalized spacial score (nSPS) is 14.7. The van der Waals surface area contributed by atoms with Gasteiger partial charge in [0.2, 0.25) is 5.82 Å². The van der Waals surface area contributed by atoms with Gasteiger partial charge in [0.25, 0.3) is 0 Å². The summed E-state index contributed by atoms with van der Waals surface area (Å²) in [6.07, 6.45) is 1.60. The molecule has 2 aromatic rings. The number of aromatic nitrogens is 1. The molecule has 0 bridgehead atoms. The first-order valence-corrected chi connectivity index (χ1v) is 8.26. The van der Waals surface area contributed by atoms with E-state index < -0.39 is 0 Å². The van der Waals surface area contributed by atoms with Crippen LogP contribution in [0.15, 0.2) is 42.6 Å². The van der Waals surface area contributed by atoms with Crippen molar-refractivity contribution in [3.8, 4) is 11.8 Å². The molecule has 128 valence electrons. The zero-order valence-electron chi connectivity index (χ0n) is 14.2. The van der Waals surface area contributed by atoms with Crippen molar-refractivity contribution in [1.82, 2.24) is 9.88 Å². The van der Waals surface area contributed by atoms with Crippen LogP contribution in [0, 0.1) is 28.9 Å². The van der Waals surface area contributed by atoms with E-state index in [0.29, 0.717) is 25.5 Å². The van der Waals surface area contributed by atoms with E-state index in [9.17, 15) is 10.1 Å². The first-order valence-electron chi connectivity index (χ1n) is 8.26. The van der Waals surface area contributed by atoms with E-state index in [1.54, 1.807) is 12.3 Å². The minimum absolute atomic E-state index is 0.0649. The van der Waals surface area contributed by atoms with Gasteiger partial charge in [0.1, 0.15) is 0 Å². The van der Waals surface area contributed by atoms with Crippen molar-refractivity contribution in [3.05, 3.63) is 63.8 Å². The second-order valence-electron chi connectivity index (χ2n) is 6.03. The van der Waals surface area contributed by atoms with E-state index in [-0.39, 0.29) is 10.6 Å². The van der Waals surface area contributed by atoms with Gasteiger partial charge < -0.3 is 4.90 Å². The third kappa shape index (κ3) is 4.34. The summed E-state index contributed by atoms with van der Waals surface area (Å²) in [6.45, 7) is 5.81. The third-order valence-corrected chi connectivity index (χ3v) is 4.22. The summed E-state index contributed by atoms with van der Waals surface area (Å²) in [5.74, 6) is 6.84. The Kier molecular flexibility index (Phi) is 5.26. The Morgan fingerprint density at radius 2 is 1.88 bits per heavy atom. The predicted octanol–water partition coefficient (Wildman–Crippen LogP) is 2.47. The highest BCUT2D eigenvalue weighted by Gasteiger charge is 2.24. The highest BCUT2D eigenvalue weighted by atomic mass is 16.6. The van der Waals surface area contributed by atoms with Crippen molar-refractivity contribution >= 4 is 11.5 Å². The topological polar surface area (TPSA) is 62.5 Å². The number of hydrogen-bond acceptors (Lipinski definition) is 5. The molecule has 6 nitrogen and oxygen atoms in total. The van der Waals surface area contributed by atoms with Crippen LogP contribution in [0.3, 0.4) is 0 Å². The Hall–Kier alpha value is -2.91. The maximum Gasteiger partial charge on any atom is 0.311 e. The van der Waals surface area contributed by atoms with Crippen molar-refractivity contribution in [2.24, 2.45) is 0 Å². The smallest absolute Gasteiger partial charge is 0.311 e. The van der Waals surface area contributed by atoms with Crippen LogP contribution < -0.4 is 4.90 Å². The summed E-state index contributed by atoms with van der Waals surface area (Å²) >= 11 is 0. The molecule has 1 aromatic heterocycles. The fraction of sp³-hybridized carbons (Fsp3) is 0.316. The van der Waals surface area contributed by atoms with E-state index in [0.717, 1.165) is 18.7 Å². The molecule has 0 spiro atoms. The lowest BCUT2D eigenvalue weighted by atomic mass is 10.1. The molecular weight excluding hydrogens is 316 g/mol. The molecule has 0 atom stereocenters. The summed E-state index contributed by atoms with van der Waals surface area (Å²) in [6, 6.07) is 11.3. The zero-order chi connectivity index (χ0) is 17.6. The predicted molar refractivity (Wildman–Crippen MR) is 97.6 cm³/mol. The number of aryl methyl sites for hydroxylation is 1. The van der Waals surface area contributed by atoms with Crippen molar-refractivity contribution in [3.63, 3.8) is 0 Å². The third-order valence-electron chi connectivity index (χ3n) is 4.22. The van der Waals surface area contributed by atoms with Crippen molar-refractivity contribution in [2.75, 3.05) is 37.6 Å². The van der Waals surface area contributed by atoms with Crippen molar-refractivity contribution in [2.45, 2.75) is 6.92 Å². The molecule has 1 aliphatic heterocycles. The van der Waals surface area contributed by atoms with Gasteiger partial charge in [0.05, 0.1) is 11.5 Å². The standard InChI is InChI=1S/C19H20N4O2/c1-16-6-8-17(9-7-16)4-3-11-21-12-14-22(15-13-21)19-18(23(24)25)5-2-10-20-19/h2,5-10H,11-15H2,1H3. The summed E-state index contributed by atoms with van der Waals surface area (Å²) in [4.78, 5) is 19.2. The molecule has 3 rings (SSSR count). The number of benzene rings is 1. The van der Waals surface area contributed by atoms with Gasteiger partial charge in [-0.25, -0.2) is 4.98 Å². The minimum Gasteiger partial charge on any atom is -0.348 e. The van der Waals surface area contributed by atoms with Crippen LogP contribution in [0.1, 0.15) is 11.1 Å². The van der Waals surface area contributed by atoms with Crippen molar-refractivity contribution < 1.29 is 4.92 Å². The maximum absolute atomic E-state index is 11.1. The lowest BCUT2D eigenvalue weighted by Gasteiger charge is -2.34. The Morgan fingerprint density at radius 3 is 2.56 bits per heavy atom. The van der Waals surface area contributed by atoms with Crippen LogP contribution in [0.4, 0.5) is 11.5 Å². The molecule has 25 heavy (non-hydrogen) atoms. The second kappa shape index (κ2) is 7.77. The average molecular weight is 336 g/mol. The zero-order valence-corrected chi connectivity index (χ0v) is 14.2. The van der Waals surface area contributed by atoms with Crippen LogP contribution in [-0.2, 0) is 0 Å². The molecule has 1 fully saturated rings. The van der Waals surface area contributed by atoms with Crippen LogP contribution >= 0.6 is 0 Å². The van der Waals surface area contributed by atoms with Crippen LogP contribution in [-0.4, -0.2) is 47.5 Å². The van der Waals surface area contributed by atoms with Gasteiger partial charge in [0, 0.05) is 44.0 Å². The van der Waals surface area contributed by atoms with Gasteiger partial charge in [0.15, 0.2) is 0 Å². The van der Waals surface area contributed by atoms with E-state index in [2.05, 4.69) is 40.8 Å². The van der Waals surface area contributed by atoms with Gasteiger partial charge in [-0.1, -0.05) is 29.5 Å². The van der Waals surface area contributed by atoms with Gasteiger partial charge in [-0.3, -0.25) is 15.0 Å². The summed E-state index contributed by atoms with van der Waals surface area (Å²) in [5, 5.41) is 11.1. The molecule has 1 saturated heterocycles. The highest BCUT2D eigenvalue weighted by Crippen LogP contribution is 2.25. The molecule has 2 heterocycles. The molecule has 0 saturated carbocycles. The maximum atomic E-state index is 11.1. The molecule has 0 amide bonds. The van der Waals surface area contributed by atoms with Gasteiger partial charge in [-0.15, -0.1) is 0 Å². The molecule has 1 aromatic carbocycles. The first-order chi connectivity index (χ1) is 12.1. The Morgan fingerprint density at radius 1 is 1.16 bits per heavy atom. The number of anilines is 1. The minimum atomic E-state index is -0.373. The Labute approximate surface area is 147 Å². The molecule has 0 aliphatic carbocycles. The SMILES string of the molecule is Cc1ccc(C#CCN2CCN(c3ncccc3[N+](=O)[O-])CC2)cc1. The molecular formula is C19H20N4O2. The molecule has 1 aliphatic rings. The highest BCUT2D eigenvalue weighted by molar-refractivity contribution is 5.57. The molecule has 0 N–H and O–H groups in total. The lowest BCUT2D eigenvalue weighted by molar-refractivity contribution is -0.384. The van der Waals surface area contributed by atoms with E-state index in [1.807, 2.05) is 17.0 Å².